The van der Waals surface area contributed by atoms with Gasteiger partial charge in [0, 0.05) is 12.1 Å². The monoisotopic (exact) mass is 488 g/mol. The highest BCUT2D eigenvalue weighted by molar-refractivity contribution is 5.92. The van der Waals surface area contributed by atoms with Crippen molar-refractivity contribution in [1.82, 2.24) is 15.5 Å². The van der Waals surface area contributed by atoms with E-state index in [1.165, 1.54) is 6.07 Å². The SMILES string of the molecule is CCCCCNC(=O)C(c1ccccc1O)N(CC#N)C(=O)C(NC(=O)OC(C)(C)C)C(C)CC. The predicted octanol–water partition coefficient (Wildman–Crippen LogP) is 4.03. The first-order valence-electron chi connectivity index (χ1n) is 12.2. The van der Waals surface area contributed by atoms with E-state index in [-0.39, 0.29) is 17.2 Å². The number of phenols is 1. The molecule has 3 atom stereocenters. The second-order valence-corrected chi connectivity index (χ2v) is 9.59. The molecule has 0 aliphatic rings. The van der Waals surface area contributed by atoms with Crippen molar-refractivity contribution in [3.05, 3.63) is 29.8 Å². The first-order valence-corrected chi connectivity index (χ1v) is 12.2. The summed E-state index contributed by atoms with van der Waals surface area (Å²) in [6.45, 7) is 10.8. The van der Waals surface area contributed by atoms with E-state index < -0.39 is 42.1 Å². The number of nitrogens with zero attached hydrogens (tertiary/aromatic N) is 2. The number of alkyl carbamates (subject to hydrolysis) is 1. The summed E-state index contributed by atoms with van der Waals surface area (Å²) in [4.78, 5) is 40.7. The number of para-hydroxylation sites is 1. The first-order chi connectivity index (χ1) is 16.5. The maximum absolute atomic E-state index is 13.8. The predicted molar refractivity (Wildman–Crippen MR) is 133 cm³/mol. The fourth-order valence-electron chi connectivity index (χ4n) is 3.52. The zero-order chi connectivity index (χ0) is 26.6. The zero-order valence-electron chi connectivity index (χ0n) is 21.8. The van der Waals surface area contributed by atoms with Crippen LogP contribution in [0.1, 0.15) is 78.8 Å². The minimum absolute atomic E-state index is 0.169. The fourth-order valence-corrected chi connectivity index (χ4v) is 3.52. The molecule has 0 fully saturated rings. The minimum Gasteiger partial charge on any atom is -0.508 e. The molecule has 35 heavy (non-hydrogen) atoms. The van der Waals surface area contributed by atoms with E-state index in [1.807, 2.05) is 19.9 Å². The number of phenolic OH excluding ortho intramolecular Hbond substituents is 1. The van der Waals surface area contributed by atoms with E-state index in [4.69, 9.17) is 4.74 Å². The second kappa shape index (κ2) is 14.2. The number of unbranched alkanes of at least 4 members (excludes halogenated alkanes) is 2. The maximum Gasteiger partial charge on any atom is 0.408 e. The van der Waals surface area contributed by atoms with Crippen molar-refractivity contribution in [1.29, 1.82) is 5.26 Å². The summed E-state index contributed by atoms with van der Waals surface area (Å²) < 4.78 is 5.34. The third-order valence-electron chi connectivity index (χ3n) is 5.55. The largest absolute Gasteiger partial charge is 0.508 e. The van der Waals surface area contributed by atoms with Gasteiger partial charge >= 0.3 is 6.09 Å². The van der Waals surface area contributed by atoms with Crippen molar-refractivity contribution in [2.24, 2.45) is 5.92 Å². The van der Waals surface area contributed by atoms with E-state index in [0.717, 1.165) is 24.2 Å². The molecule has 1 aromatic rings. The average Bonchev–Trinajstić information content (AvgIpc) is 2.79. The van der Waals surface area contributed by atoms with Crippen LogP contribution >= 0.6 is 0 Å². The fraction of sp³-hybridized carbons (Fsp3) is 0.615. The van der Waals surface area contributed by atoms with Gasteiger partial charge in [0.15, 0.2) is 0 Å². The van der Waals surface area contributed by atoms with Crippen LogP contribution < -0.4 is 10.6 Å². The molecule has 1 aromatic carbocycles. The Labute approximate surface area is 208 Å². The number of amides is 3. The molecule has 3 amide bonds. The van der Waals surface area contributed by atoms with E-state index in [1.54, 1.807) is 45.9 Å². The second-order valence-electron chi connectivity index (χ2n) is 9.59. The molecule has 0 saturated heterocycles. The van der Waals surface area contributed by atoms with E-state index in [9.17, 15) is 24.8 Å². The molecule has 0 aromatic heterocycles. The van der Waals surface area contributed by atoms with Crippen molar-refractivity contribution in [3.8, 4) is 11.8 Å². The van der Waals surface area contributed by atoms with Crippen LogP contribution in [0.5, 0.6) is 5.75 Å². The van der Waals surface area contributed by atoms with Gasteiger partial charge in [0.25, 0.3) is 0 Å². The Morgan fingerprint density at radius 3 is 2.37 bits per heavy atom. The van der Waals surface area contributed by atoms with Crippen molar-refractivity contribution >= 4 is 17.9 Å². The Balaban J connectivity index is 3.40. The Morgan fingerprint density at radius 1 is 1.17 bits per heavy atom. The number of carbonyl (C=O) groups excluding carboxylic acids is 3. The highest BCUT2D eigenvalue weighted by atomic mass is 16.6. The van der Waals surface area contributed by atoms with E-state index >= 15 is 0 Å². The molecule has 194 valence electrons. The molecular weight excluding hydrogens is 448 g/mol. The van der Waals surface area contributed by atoms with Gasteiger partial charge in [0.1, 0.15) is 30.0 Å². The highest BCUT2D eigenvalue weighted by Gasteiger charge is 2.38. The summed E-state index contributed by atoms with van der Waals surface area (Å²) in [5, 5.41) is 25.5. The van der Waals surface area contributed by atoms with E-state index in [0.29, 0.717) is 13.0 Å². The van der Waals surface area contributed by atoms with Gasteiger partial charge in [-0.3, -0.25) is 9.59 Å². The molecule has 1 rings (SSSR count). The quantitative estimate of drug-likeness (QED) is 0.301. The Hall–Kier alpha value is -3.28. The topological polar surface area (TPSA) is 132 Å². The van der Waals surface area contributed by atoms with Crippen LogP contribution in [0.25, 0.3) is 0 Å². The van der Waals surface area contributed by atoms with Crippen molar-refractivity contribution in [2.45, 2.75) is 84.9 Å². The number of carbonyl (C=O) groups is 3. The number of nitrogens with one attached hydrogen (secondary N) is 2. The van der Waals surface area contributed by atoms with Gasteiger partial charge in [-0.25, -0.2) is 4.79 Å². The van der Waals surface area contributed by atoms with Crippen LogP contribution in [-0.2, 0) is 14.3 Å². The third kappa shape index (κ3) is 9.47. The van der Waals surface area contributed by atoms with Gasteiger partial charge in [0.2, 0.25) is 11.8 Å². The van der Waals surface area contributed by atoms with Gasteiger partial charge in [-0.15, -0.1) is 0 Å². The first kappa shape index (κ1) is 29.8. The van der Waals surface area contributed by atoms with Gasteiger partial charge in [0.05, 0.1) is 6.07 Å². The summed E-state index contributed by atoms with van der Waals surface area (Å²) in [6.07, 6.45) is 2.45. The standard InChI is InChI=1S/C26H40N4O5/c1-7-9-12-16-28-23(32)22(19-13-10-11-14-20(19)31)30(17-15-27)24(33)21(18(3)8-2)29-25(34)35-26(4,5)6/h10-11,13-14,18,21-22,31H,7-9,12,16-17H2,1-6H3,(H,28,32)(H,29,34). The molecule has 3 N–H and O–H groups in total. The molecule has 0 spiro atoms. The van der Waals surface area contributed by atoms with E-state index in [2.05, 4.69) is 10.6 Å². The molecule has 0 bridgehead atoms. The zero-order valence-corrected chi connectivity index (χ0v) is 21.8. The van der Waals surface area contributed by atoms with Gasteiger partial charge in [-0.2, -0.15) is 5.26 Å². The van der Waals surface area contributed by atoms with Gasteiger partial charge in [-0.05, 0) is 39.2 Å². The molecule has 3 unspecified atom stereocenters. The van der Waals surface area contributed by atoms with Gasteiger partial charge in [-0.1, -0.05) is 58.2 Å². The lowest BCUT2D eigenvalue weighted by molar-refractivity contribution is -0.142. The number of benzene rings is 1. The highest BCUT2D eigenvalue weighted by Crippen LogP contribution is 2.30. The summed E-state index contributed by atoms with van der Waals surface area (Å²) >= 11 is 0. The van der Waals surface area contributed by atoms with Crippen molar-refractivity contribution in [2.75, 3.05) is 13.1 Å². The normalized spacial score (nSPS) is 13.6. The Kier molecular flexibility index (Phi) is 12.1. The number of hydrogen-bond donors (Lipinski definition) is 3. The molecule has 0 radical (unpaired) electrons. The van der Waals surface area contributed by atoms with Crippen LogP contribution in [0.4, 0.5) is 4.79 Å². The number of rotatable bonds is 12. The summed E-state index contributed by atoms with van der Waals surface area (Å²) in [7, 11) is 0. The van der Waals surface area contributed by atoms with Crippen LogP contribution in [-0.4, -0.2) is 52.6 Å². The molecule has 9 heteroatoms. The summed E-state index contributed by atoms with van der Waals surface area (Å²) in [6, 6.07) is 5.88. The molecule has 9 nitrogen and oxygen atoms in total. The Morgan fingerprint density at radius 2 is 1.83 bits per heavy atom. The third-order valence-corrected chi connectivity index (χ3v) is 5.55. The number of ether oxygens (including phenoxy) is 1. The van der Waals surface area contributed by atoms with Gasteiger partial charge < -0.3 is 25.4 Å². The lowest BCUT2D eigenvalue weighted by Crippen LogP contribution is -2.55. The van der Waals surface area contributed by atoms with Crippen LogP contribution in [0.15, 0.2) is 24.3 Å². The maximum atomic E-state index is 13.8. The Bertz CT molecular complexity index is 890. The average molecular weight is 489 g/mol. The molecule has 0 saturated carbocycles. The smallest absolute Gasteiger partial charge is 0.408 e. The number of hydrogen-bond acceptors (Lipinski definition) is 6. The minimum atomic E-state index is -1.25. The van der Waals surface area contributed by atoms with Crippen LogP contribution in [0, 0.1) is 17.2 Å². The molecule has 0 aliphatic heterocycles. The molecular formula is C26H40N4O5. The summed E-state index contributed by atoms with van der Waals surface area (Å²) in [5.41, 5.74) is -0.569. The lowest BCUT2D eigenvalue weighted by atomic mass is 9.95. The van der Waals surface area contributed by atoms with Crippen molar-refractivity contribution < 1.29 is 24.2 Å². The van der Waals surface area contributed by atoms with Crippen molar-refractivity contribution in [3.63, 3.8) is 0 Å². The molecule has 0 aliphatic carbocycles. The number of aromatic hydroxyl groups is 1. The summed E-state index contributed by atoms with van der Waals surface area (Å²) in [5.74, 6) is -1.60. The number of nitriles is 1. The lowest BCUT2D eigenvalue weighted by Gasteiger charge is -2.34. The van der Waals surface area contributed by atoms with Crippen LogP contribution in [0.2, 0.25) is 0 Å². The molecule has 0 heterocycles. The van der Waals surface area contributed by atoms with Crippen LogP contribution in [0.3, 0.4) is 0 Å².